The second-order valence-electron chi connectivity index (χ2n) is 4.15. The van der Waals surface area contributed by atoms with E-state index in [9.17, 15) is 17.6 Å². The van der Waals surface area contributed by atoms with E-state index in [0.29, 0.717) is 10.0 Å². The van der Waals surface area contributed by atoms with Crippen LogP contribution in [0.3, 0.4) is 0 Å². The second-order valence-corrected chi connectivity index (χ2v) is 5.00. The van der Waals surface area contributed by atoms with Crippen molar-refractivity contribution in [3.05, 3.63) is 63.9 Å². The average molecular weight is 348 g/mol. The summed E-state index contributed by atoms with van der Waals surface area (Å²) in [7, 11) is 0. The molecule has 6 heteroatoms. The van der Waals surface area contributed by atoms with Gasteiger partial charge in [0.25, 0.3) is 0 Å². The number of nitrogens with one attached hydrogen (secondary N) is 1. The van der Waals surface area contributed by atoms with Gasteiger partial charge in [-0.2, -0.15) is 13.2 Å². The van der Waals surface area contributed by atoms with E-state index in [0.717, 1.165) is 6.07 Å². The van der Waals surface area contributed by atoms with Gasteiger partial charge in [0, 0.05) is 12.2 Å². The quantitative estimate of drug-likeness (QED) is 0.750. The maximum Gasteiger partial charge on any atom is 0.418 e. The molecular formula is C14H10BrF4N. The predicted octanol–water partition coefficient (Wildman–Crippen LogP) is 5.22. The summed E-state index contributed by atoms with van der Waals surface area (Å²) in [6.07, 6.45) is -4.42. The van der Waals surface area contributed by atoms with Crippen molar-refractivity contribution in [1.82, 2.24) is 0 Å². The van der Waals surface area contributed by atoms with E-state index in [2.05, 4.69) is 21.2 Å². The van der Waals surface area contributed by atoms with Crippen LogP contribution in [0.1, 0.15) is 11.1 Å². The molecule has 0 saturated carbocycles. The number of rotatable bonds is 3. The van der Waals surface area contributed by atoms with Gasteiger partial charge in [-0.05, 0) is 45.8 Å². The molecule has 0 aromatic heterocycles. The molecule has 2 aromatic rings. The molecular weight excluding hydrogens is 338 g/mol. The highest BCUT2D eigenvalue weighted by Gasteiger charge is 2.32. The molecule has 0 fully saturated rings. The molecule has 0 saturated heterocycles. The molecule has 106 valence electrons. The molecule has 2 aromatic carbocycles. The first kappa shape index (κ1) is 14.8. The normalized spacial score (nSPS) is 11.4. The molecule has 0 radical (unpaired) electrons. The van der Waals surface area contributed by atoms with Crippen molar-refractivity contribution in [2.45, 2.75) is 12.7 Å². The van der Waals surface area contributed by atoms with Crippen LogP contribution in [0.4, 0.5) is 23.2 Å². The monoisotopic (exact) mass is 347 g/mol. The minimum absolute atomic E-state index is 0.0247. The molecule has 0 unspecified atom stereocenters. The molecule has 0 atom stereocenters. The van der Waals surface area contributed by atoms with Crippen LogP contribution in [0.5, 0.6) is 0 Å². The third-order valence-corrected chi connectivity index (χ3v) is 3.34. The summed E-state index contributed by atoms with van der Waals surface area (Å²) < 4.78 is 52.0. The number of alkyl halides is 3. The van der Waals surface area contributed by atoms with Gasteiger partial charge in [0.1, 0.15) is 5.82 Å². The van der Waals surface area contributed by atoms with E-state index in [-0.39, 0.29) is 12.2 Å². The van der Waals surface area contributed by atoms with E-state index in [4.69, 9.17) is 0 Å². The van der Waals surface area contributed by atoms with Crippen molar-refractivity contribution >= 4 is 21.6 Å². The minimum atomic E-state index is -4.42. The zero-order valence-corrected chi connectivity index (χ0v) is 11.7. The summed E-state index contributed by atoms with van der Waals surface area (Å²) >= 11 is 3.02. The van der Waals surface area contributed by atoms with Gasteiger partial charge >= 0.3 is 6.18 Å². The first-order valence-corrected chi connectivity index (χ1v) is 6.51. The van der Waals surface area contributed by atoms with E-state index >= 15 is 0 Å². The highest BCUT2D eigenvalue weighted by Crippen LogP contribution is 2.34. The van der Waals surface area contributed by atoms with E-state index < -0.39 is 17.6 Å². The maximum absolute atomic E-state index is 13.3. The Bertz CT molecular complexity index is 610. The predicted molar refractivity (Wildman–Crippen MR) is 72.9 cm³/mol. The first-order valence-electron chi connectivity index (χ1n) is 5.72. The number of halogens is 5. The van der Waals surface area contributed by atoms with Crippen molar-refractivity contribution in [2.75, 3.05) is 5.32 Å². The van der Waals surface area contributed by atoms with Gasteiger partial charge in [-0.3, -0.25) is 0 Å². The Morgan fingerprint density at radius 1 is 1.05 bits per heavy atom. The molecule has 0 heterocycles. The second kappa shape index (κ2) is 5.83. The molecule has 20 heavy (non-hydrogen) atoms. The molecule has 1 N–H and O–H groups in total. The van der Waals surface area contributed by atoms with Crippen molar-refractivity contribution in [2.24, 2.45) is 0 Å². The lowest BCUT2D eigenvalue weighted by molar-refractivity contribution is -0.136. The molecule has 0 spiro atoms. The summed E-state index contributed by atoms with van der Waals surface area (Å²) in [6.45, 7) is 0.108. The summed E-state index contributed by atoms with van der Waals surface area (Å²) in [6, 6.07) is 9.61. The Labute approximate surface area is 121 Å². The standard InChI is InChI=1S/C14H10BrF4N/c15-11-6-5-9(7-12(11)16)8-20-13-4-2-1-3-10(13)14(17,18)19/h1-7,20H,8H2. The molecule has 1 nitrogen and oxygen atoms in total. The zero-order valence-electron chi connectivity index (χ0n) is 10.1. The summed E-state index contributed by atoms with van der Waals surface area (Å²) in [5.74, 6) is -0.451. The van der Waals surface area contributed by atoms with Gasteiger partial charge in [0.15, 0.2) is 0 Å². The van der Waals surface area contributed by atoms with Crippen LogP contribution >= 0.6 is 15.9 Å². The molecule has 0 aliphatic rings. The number of para-hydroxylation sites is 1. The Kier molecular flexibility index (Phi) is 4.32. The summed E-state index contributed by atoms with van der Waals surface area (Å²) in [5.41, 5.74) is -0.205. The van der Waals surface area contributed by atoms with Crippen LogP contribution < -0.4 is 5.32 Å². The van der Waals surface area contributed by atoms with Crippen molar-refractivity contribution < 1.29 is 17.6 Å². The van der Waals surface area contributed by atoms with Gasteiger partial charge in [-0.1, -0.05) is 18.2 Å². The zero-order chi connectivity index (χ0) is 14.8. The summed E-state index contributed by atoms with van der Waals surface area (Å²) in [5, 5.41) is 2.68. The third-order valence-electron chi connectivity index (χ3n) is 2.70. The molecule has 0 amide bonds. The molecule has 2 rings (SSSR count). The van der Waals surface area contributed by atoms with Crippen molar-refractivity contribution in [3.63, 3.8) is 0 Å². The van der Waals surface area contributed by atoms with Gasteiger partial charge in [-0.25, -0.2) is 4.39 Å². The van der Waals surface area contributed by atoms with Crippen LogP contribution in [-0.4, -0.2) is 0 Å². The number of benzene rings is 2. The van der Waals surface area contributed by atoms with Crippen LogP contribution in [0.2, 0.25) is 0 Å². The Balaban J connectivity index is 2.17. The van der Waals surface area contributed by atoms with Crippen LogP contribution in [-0.2, 0) is 12.7 Å². The maximum atomic E-state index is 13.3. The topological polar surface area (TPSA) is 12.0 Å². The van der Waals surface area contributed by atoms with Gasteiger partial charge < -0.3 is 5.32 Å². The Morgan fingerprint density at radius 2 is 1.75 bits per heavy atom. The minimum Gasteiger partial charge on any atom is -0.380 e. The molecule has 0 aliphatic carbocycles. The molecule has 0 aliphatic heterocycles. The lowest BCUT2D eigenvalue weighted by atomic mass is 10.1. The lowest BCUT2D eigenvalue weighted by Gasteiger charge is -2.14. The number of hydrogen-bond acceptors (Lipinski definition) is 1. The Hall–Kier alpha value is -1.56. The average Bonchev–Trinajstić information content (AvgIpc) is 2.39. The van der Waals surface area contributed by atoms with E-state index in [1.807, 2.05) is 0 Å². The third kappa shape index (κ3) is 3.50. The Morgan fingerprint density at radius 3 is 2.40 bits per heavy atom. The van der Waals surface area contributed by atoms with Crippen molar-refractivity contribution in [3.8, 4) is 0 Å². The first-order chi connectivity index (χ1) is 9.38. The number of anilines is 1. The highest BCUT2D eigenvalue weighted by atomic mass is 79.9. The van der Waals surface area contributed by atoms with Gasteiger partial charge in [0.05, 0.1) is 10.0 Å². The van der Waals surface area contributed by atoms with E-state index in [1.54, 1.807) is 6.07 Å². The van der Waals surface area contributed by atoms with Crippen LogP contribution in [0.25, 0.3) is 0 Å². The fourth-order valence-corrected chi connectivity index (χ4v) is 1.98. The SMILES string of the molecule is Fc1cc(CNc2ccccc2C(F)(F)F)ccc1Br. The largest absolute Gasteiger partial charge is 0.418 e. The fraction of sp³-hybridized carbons (Fsp3) is 0.143. The van der Waals surface area contributed by atoms with Crippen molar-refractivity contribution in [1.29, 1.82) is 0 Å². The van der Waals surface area contributed by atoms with Gasteiger partial charge in [-0.15, -0.1) is 0 Å². The highest BCUT2D eigenvalue weighted by molar-refractivity contribution is 9.10. The van der Waals surface area contributed by atoms with E-state index in [1.165, 1.54) is 30.3 Å². The van der Waals surface area contributed by atoms with Crippen LogP contribution in [0, 0.1) is 5.82 Å². The van der Waals surface area contributed by atoms with Gasteiger partial charge in [0.2, 0.25) is 0 Å². The molecule has 0 bridgehead atoms. The number of hydrogen-bond donors (Lipinski definition) is 1. The summed E-state index contributed by atoms with van der Waals surface area (Å²) in [4.78, 5) is 0. The fourth-order valence-electron chi connectivity index (χ4n) is 1.73. The lowest BCUT2D eigenvalue weighted by Crippen LogP contribution is -2.10. The smallest absolute Gasteiger partial charge is 0.380 e. The van der Waals surface area contributed by atoms with Crippen LogP contribution in [0.15, 0.2) is 46.9 Å².